The zero-order chi connectivity index (χ0) is 23.6. The number of thiazole rings is 1. The zero-order valence-corrected chi connectivity index (χ0v) is 19.4. The van der Waals surface area contributed by atoms with E-state index in [1.165, 1.54) is 17.4 Å². The SMILES string of the molecule is CN1CCN(c2c(F)cc3c(=O)c(C(=O)O)c4scc5n4c3c2N(Cc2ccccc2)C5)CC1. The Bertz CT molecular complexity index is 1510. The fourth-order valence-electron chi connectivity index (χ4n) is 5.16. The van der Waals surface area contributed by atoms with Crippen LogP contribution in [0.4, 0.5) is 15.8 Å². The lowest BCUT2D eigenvalue weighted by Gasteiger charge is -2.39. The van der Waals surface area contributed by atoms with Crippen LogP contribution in [-0.4, -0.2) is 53.6 Å². The van der Waals surface area contributed by atoms with Crippen LogP contribution in [0.1, 0.15) is 21.6 Å². The molecule has 0 spiro atoms. The van der Waals surface area contributed by atoms with E-state index in [0.29, 0.717) is 47.9 Å². The number of halogens is 1. The summed E-state index contributed by atoms with van der Waals surface area (Å²) in [5.41, 5.74) is 2.79. The number of pyridine rings is 1. The Kier molecular flexibility index (Phi) is 4.86. The number of aromatic nitrogens is 1. The van der Waals surface area contributed by atoms with Crippen molar-refractivity contribution in [3.63, 3.8) is 0 Å². The van der Waals surface area contributed by atoms with E-state index in [0.717, 1.165) is 24.3 Å². The summed E-state index contributed by atoms with van der Waals surface area (Å²) >= 11 is 1.25. The Hall–Kier alpha value is -3.43. The minimum atomic E-state index is -1.29. The van der Waals surface area contributed by atoms with Gasteiger partial charge < -0.3 is 19.8 Å². The van der Waals surface area contributed by atoms with Gasteiger partial charge in [-0.15, -0.1) is 11.3 Å². The first-order valence-electron chi connectivity index (χ1n) is 11.2. The van der Waals surface area contributed by atoms with Gasteiger partial charge >= 0.3 is 5.97 Å². The molecule has 174 valence electrons. The first-order valence-corrected chi connectivity index (χ1v) is 12.1. The number of piperazine rings is 1. The molecule has 7 nitrogen and oxygen atoms in total. The van der Waals surface area contributed by atoms with Gasteiger partial charge in [0.05, 0.1) is 34.5 Å². The molecule has 2 aromatic carbocycles. The van der Waals surface area contributed by atoms with Crippen molar-refractivity contribution in [3.8, 4) is 0 Å². The zero-order valence-electron chi connectivity index (χ0n) is 18.6. The van der Waals surface area contributed by atoms with Crippen molar-refractivity contribution in [2.45, 2.75) is 13.1 Å². The van der Waals surface area contributed by atoms with Crippen LogP contribution in [0.15, 0.2) is 46.6 Å². The van der Waals surface area contributed by atoms with Gasteiger partial charge in [-0.05, 0) is 18.7 Å². The minimum absolute atomic E-state index is 0.109. The third-order valence-electron chi connectivity index (χ3n) is 6.83. The molecule has 2 aromatic heterocycles. The van der Waals surface area contributed by atoms with Gasteiger partial charge in [-0.2, -0.15) is 0 Å². The van der Waals surface area contributed by atoms with Crippen molar-refractivity contribution in [3.05, 3.63) is 74.6 Å². The Morgan fingerprint density at radius 2 is 1.85 bits per heavy atom. The molecule has 6 rings (SSSR count). The van der Waals surface area contributed by atoms with Crippen LogP contribution in [0, 0.1) is 5.82 Å². The molecule has 0 radical (unpaired) electrons. The summed E-state index contributed by atoms with van der Waals surface area (Å²) in [5, 5.41) is 11.8. The van der Waals surface area contributed by atoms with E-state index in [9.17, 15) is 14.7 Å². The number of hydrogen-bond acceptors (Lipinski definition) is 6. The summed E-state index contributed by atoms with van der Waals surface area (Å²) in [4.78, 5) is 32.1. The number of carbonyl (C=O) groups is 1. The molecule has 1 N–H and O–H groups in total. The maximum Gasteiger partial charge on any atom is 0.342 e. The standard InChI is InChI=1S/C25H23FN4O3S/c1-27-7-9-28(10-8-27)21-18(26)11-17-20-22(21)29(12-15-5-3-2-4-6-15)13-16-14-34-24(30(16)20)19(23(17)31)25(32)33/h2-6,11,14H,7-10,12-13H2,1H3,(H,32,33). The molecular weight excluding hydrogens is 455 g/mol. The van der Waals surface area contributed by atoms with Crippen molar-refractivity contribution in [1.29, 1.82) is 0 Å². The lowest BCUT2D eigenvalue weighted by molar-refractivity contribution is 0.0697. The fourth-order valence-corrected chi connectivity index (χ4v) is 6.20. The van der Waals surface area contributed by atoms with Gasteiger partial charge in [-0.1, -0.05) is 30.3 Å². The number of benzene rings is 2. The third kappa shape index (κ3) is 3.11. The first-order chi connectivity index (χ1) is 16.4. The second kappa shape index (κ2) is 7.82. The summed E-state index contributed by atoms with van der Waals surface area (Å²) in [6, 6.07) is 11.2. The average Bonchev–Trinajstić information content (AvgIpc) is 3.23. The number of rotatable bonds is 4. The molecule has 0 atom stereocenters. The summed E-state index contributed by atoms with van der Waals surface area (Å²) in [5.74, 6) is -1.78. The van der Waals surface area contributed by atoms with Crippen molar-refractivity contribution in [1.82, 2.24) is 9.30 Å². The molecule has 0 saturated carbocycles. The highest BCUT2D eigenvalue weighted by atomic mass is 32.1. The Labute approximate surface area is 198 Å². The quantitative estimate of drug-likeness (QED) is 0.483. The monoisotopic (exact) mass is 478 g/mol. The first kappa shape index (κ1) is 21.1. The van der Waals surface area contributed by atoms with E-state index in [4.69, 9.17) is 0 Å². The topological polar surface area (TPSA) is 68.5 Å². The van der Waals surface area contributed by atoms with Crippen LogP contribution in [0.25, 0.3) is 15.7 Å². The molecule has 1 fully saturated rings. The van der Waals surface area contributed by atoms with Gasteiger partial charge in [0.2, 0.25) is 5.43 Å². The van der Waals surface area contributed by atoms with E-state index in [1.807, 2.05) is 47.2 Å². The number of hydrogen-bond donors (Lipinski definition) is 1. The van der Waals surface area contributed by atoms with Crippen LogP contribution < -0.4 is 15.2 Å². The molecule has 2 aliphatic heterocycles. The van der Waals surface area contributed by atoms with Crippen LogP contribution >= 0.6 is 11.3 Å². The molecule has 4 aromatic rings. The van der Waals surface area contributed by atoms with Gasteiger partial charge in [0.15, 0.2) is 0 Å². The summed E-state index contributed by atoms with van der Waals surface area (Å²) < 4.78 is 17.7. The summed E-state index contributed by atoms with van der Waals surface area (Å²) in [6.07, 6.45) is 0. The molecule has 0 unspecified atom stereocenters. The van der Waals surface area contributed by atoms with E-state index in [1.54, 1.807) is 0 Å². The number of carboxylic acids is 1. The van der Waals surface area contributed by atoms with E-state index < -0.39 is 17.2 Å². The number of aromatic carboxylic acids is 1. The maximum absolute atomic E-state index is 15.8. The Morgan fingerprint density at radius 1 is 1.12 bits per heavy atom. The highest BCUT2D eigenvalue weighted by Crippen LogP contribution is 2.44. The van der Waals surface area contributed by atoms with Crippen LogP contribution in [0.3, 0.4) is 0 Å². The molecular formula is C25H23FN4O3S. The van der Waals surface area contributed by atoms with E-state index in [-0.39, 0.29) is 10.9 Å². The summed E-state index contributed by atoms with van der Waals surface area (Å²) in [7, 11) is 2.05. The highest BCUT2D eigenvalue weighted by Gasteiger charge is 2.33. The van der Waals surface area contributed by atoms with Crippen LogP contribution in [0.5, 0.6) is 0 Å². The van der Waals surface area contributed by atoms with E-state index >= 15 is 4.39 Å². The van der Waals surface area contributed by atoms with Crippen molar-refractivity contribution < 1.29 is 14.3 Å². The fraction of sp³-hybridized carbons (Fsp3) is 0.280. The minimum Gasteiger partial charge on any atom is -0.477 e. The van der Waals surface area contributed by atoms with Gasteiger partial charge in [0.25, 0.3) is 0 Å². The molecule has 9 heteroatoms. The molecule has 4 heterocycles. The molecule has 0 amide bonds. The van der Waals surface area contributed by atoms with Crippen LogP contribution in [-0.2, 0) is 13.1 Å². The van der Waals surface area contributed by atoms with Crippen LogP contribution in [0.2, 0.25) is 0 Å². The van der Waals surface area contributed by atoms with Crippen molar-refractivity contribution in [2.24, 2.45) is 0 Å². The molecule has 2 aliphatic rings. The predicted molar refractivity (Wildman–Crippen MR) is 132 cm³/mol. The van der Waals surface area contributed by atoms with Crippen molar-refractivity contribution in [2.75, 3.05) is 43.0 Å². The van der Waals surface area contributed by atoms with Gasteiger partial charge in [-0.25, -0.2) is 9.18 Å². The van der Waals surface area contributed by atoms with Gasteiger partial charge in [0.1, 0.15) is 16.2 Å². The predicted octanol–water partition coefficient (Wildman–Crippen LogP) is 3.62. The molecule has 1 saturated heterocycles. The smallest absolute Gasteiger partial charge is 0.342 e. The Morgan fingerprint density at radius 3 is 2.56 bits per heavy atom. The maximum atomic E-state index is 15.8. The summed E-state index contributed by atoms with van der Waals surface area (Å²) in [6.45, 7) is 4.01. The third-order valence-corrected chi connectivity index (χ3v) is 7.83. The van der Waals surface area contributed by atoms with Gasteiger partial charge in [0, 0.05) is 38.1 Å². The van der Waals surface area contributed by atoms with Gasteiger partial charge in [-0.3, -0.25) is 9.20 Å². The second-order valence-corrected chi connectivity index (χ2v) is 9.82. The van der Waals surface area contributed by atoms with E-state index in [2.05, 4.69) is 14.7 Å². The number of carboxylic acid groups (broad SMARTS) is 1. The molecule has 34 heavy (non-hydrogen) atoms. The van der Waals surface area contributed by atoms with Crippen molar-refractivity contribution >= 4 is 44.4 Å². The number of anilines is 2. The lowest BCUT2D eigenvalue weighted by atomic mass is 10.0. The number of likely N-dealkylation sites (N-methyl/N-ethyl adjacent to an activating group) is 1. The Balaban J connectivity index is 1.68. The normalized spacial score (nSPS) is 16.2. The number of nitrogens with zero attached hydrogens (tertiary/aromatic N) is 4. The second-order valence-electron chi connectivity index (χ2n) is 8.96. The average molecular weight is 479 g/mol. The lowest BCUT2D eigenvalue weighted by Crippen LogP contribution is -2.45. The molecule has 0 bridgehead atoms. The highest BCUT2D eigenvalue weighted by molar-refractivity contribution is 7.16. The molecule has 0 aliphatic carbocycles. The largest absolute Gasteiger partial charge is 0.477 e.